The van der Waals surface area contributed by atoms with E-state index in [9.17, 15) is 18.3 Å². The van der Waals surface area contributed by atoms with Crippen molar-refractivity contribution in [3.8, 4) is 0 Å². The molecule has 0 bridgehead atoms. The third kappa shape index (κ3) is 4.74. The van der Waals surface area contributed by atoms with E-state index in [-0.39, 0.29) is 10.5 Å². The van der Waals surface area contributed by atoms with Crippen molar-refractivity contribution < 1.29 is 18.3 Å². The minimum Gasteiger partial charge on any atom is -0.478 e. The fourth-order valence-electron chi connectivity index (χ4n) is 2.12. The Morgan fingerprint density at radius 2 is 2.16 bits per heavy atom. The number of nitrogens with two attached hydrogens (primary N) is 1. The molecule has 0 atom stereocenters. The molecule has 0 aliphatic heterocycles. The first-order chi connectivity index (χ1) is 11.7. The summed E-state index contributed by atoms with van der Waals surface area (Å²) in [5.41, 5.74) is 0.262. The van der Waals surface area contributed by atoms with E-state index in [0.717, 1.165) is 30.7 Å². The van der Waals surface area contributed by atoms with Crippen LogP contribution in [0.1, 0.15) is 30.1 Å². The lowest BCUT2D eigenvalue weighted by Gasteiger charge is -2.16. The summed E-state index contributed by atoms with van der Waals surface area (Å²) in [6.07, 6.45) is 5.12. The molecule has 136 valence electrons. The average Bonchev–Trinajstić information content (AvgIpc) is 2.92. The monoisotopic (exact) mass is 384 g/mol. The van der Waals surface area contributed by atoms with Gasteiger partial charge < -0.3 is 15.0 Å². The van der Waals surface area contributed by atoms with Crippen molar-refractivity contribution in [2.75, 3.05) is 11.9 Å². The van der Waals surface area contributed by atoms with E-state index in [1.54, 1.807) is 24.0 Å². The standard InChI is InChI=1S/C15H20N4O4S2/c1-3-4-5-17-11-8-10(14(20)21)9-12(25(16,22)23)13(11)24-15-18-6-7-19(15)2/h6-9,17H,3-5H2,1-2H3,(H,20,21)(H2,16,22,23). The van der Waals surface area contributed by atoms with Crippen LogP contribution in [0.3, 0.4) is 0 Å². The SMILES string of the molecule is CCCCNc1cc(C(=O)O)cc(S(N)(=O)=O)c1Sc1nccn1C. The van der Waals surface area contributed by atoms with Gasteiger partial charge in [0.05, 0.1) is 21.0 Å². The minimum absolute atomic E-state index is 0.146. The van der Waals surface area contributed by atoms with E-state index in [1.807, 2.05) is 6.92 Å². The summed E-state index contributed by atoms with van der Waals surface area (Å²) in [5, 5.41) is 18.3. The molecular weight excluding hydrogens is 364 g/mol. The number of aryl methyl sites for hydroxylation is 1. The van der Waals surface area contributed by atoms with Crippen LogP contribution in [0.2, 0.25) is 0 Å². The van der Waals surface area contributed by atoms with Gasteiger partial charge in [-0.05, 0) is 30.3 Å². The van der Waals surface area contributed by atoms with Crippen molar-refractivity contribution in [2.24, 2.45) is 12.2 Å². The number of carbonyl (C=O) groups is 1. The topological polar surface area (TPSA) is 127 Å². The molecule has 0 radical (unpaired) electrons. The quantitative estimate of drug-likeness (QED) is 0.595. The van der Waals surface area contributed by atoms with Crippen molar-refractivity contribution in [2.45, 2.75) is 34.7 Å². The lowest BCUT2D eigenvalue weighted by Crippen LogP contribution is -2.16. The molecule has 0 amide bonds. The number of aromatic nitrogens is 2. The first-order valence-electron chi connectivity index (χ1n) is 7.57. The van der Waals surface area contributed by atoms with E-state index in [0.29, 0.717) is 22.3 Å². The highest BCUT2D eigenvalue weighted by atomic mass is 32.2. The van der Waals surface area contributed by atoms with Gasteiger partial charge in [0.15, 0.2) is 5.16 Å². The number of imidazole rings is 1. The molecule has 0 aliphatic carbocycles. The second kappa shape index (κ2) is 7.89. The smallest absolute Gasteiger partial charge is 0.335 e. The summed E-state index contributed by atoms with van der Waals surface area (Å²) in [4.78, 5) is 15.6. The molecule has 0 saturated carbocycles. The van der Waals surface area contributed by atoms with Crippen LogP contribution in [0.5, 0.6) is 0 Å². The van der Waals surface area contributed by atoms with Crippen molar-refractivity contribution in [1.29, 1.82) is 0 Å². The third-order valence-electron chi connectivity index (χ3n) is 3.42. The van der Waals surface area contributed by atoms with Crippen molar-refractivity contribution in [3.63, 3.8) is 0 Å². The van der Waals surface area contributed by atoms with Gasteiger partial charge in [0.1, 0.15) is 0 Å². The van der Waals surface area contributed by atoms with Crippen molar-refractivity contribution >= 4 is 33.4 Å². The number of benzene rings is 1. The number of rotatable bonds is 8. The predicted molar refractivity (Wildman–Crippen MR) is 95.5 cm³/mol. The summed E-state index contributed by atoms with van der Waals surface area (Å²) in [6, 6.07) is 2.49. The lowest BCUT2D eigenvalue weighted by molar-refractivity contribution is 0.0696. The lowest BCUT2D eigenvalue weighted by atomic mass is 10.2. The van der Waals surface area contributed by atoms with Crippen LogP contribution in [0.25, 0.3) is 0 Å². The Balaban J connectivity index is 2.61. The number of nitrogens with one attached hydrogen (secondary N) is 1. The van der Waals surface area contributed by atoms with Gasteiger partial charge in [-0.1, -0.05) is 13.3 Å². The summed E-state index contributed by atoms with van der Waals surface area (Å²) >= 11 is 1.12. The van der Waals surface area contributed by atoms with E-state index in [4.69, 9.17) is 5.14 Å². The molecule has 4 N–H and O–H groups in total. The maximum absolute atomic E-state index is 12.0. The van der Waals surface area contributed by atoms with E-state index in [2.05, 4.69) is 10.3 Å². The molecule has 2 rings (SSSR count). The molecule has 0 saturated heterocycles. The number of nitrogens with zero attached hydrogens (tertiary/aromatic N) is 2. The third-order valence-corrected chi connectivity index (χ3v) is 5.71. The number of sulfonamides is 1. The van der Waals surface area contributed by atoms with Crippen LogP contribution in [-0.2, 0) is 17.1 Å². The molecule has 2 aromatic rings. The van der Waals surface area contributed by atoms with Gasteiger partial charge in [-0.25, -0.2) is 23.3 Å². The molecule has 0 unspecified atom stereocenters. The maximum atomic E-state index is 12.0. The zero-order valence-corrected chi connectivity index (χ0v) is 15.5. The average molecular weight is 384 g/mol. The van der Waals surface area contributed by atoms with Crippen LogP contribution in [0, 0.1) is 0 Å². The Morgan fingerprint density at radius 1 is 1.44 bits per heavy atom. The number of carboxylic acids is 1. The van der Waals surface area contributed by atoms with Gasteiger partial charge in [0.2, 0.25) is 10.0 Å². The van der Waals surface area contributed by atoms with Gasteiger partial charge in [0.25, 0.3) is 0 Å². The van der Waals surface area contributed by atoms with Crippen molar-refractivity contribution in [1.82, 2.24) is 9.55 Å². The van der Waals surface area contributed by atoms with Gasteiger partial charge in [-0.15, -0.1) is 0 Å². The van der Waals surface area contributed by atoms with Crippen LogP contribution in [-0.4, -0.2) is 35.6 Å². The van der Waals surface area contributed by atoms with Crippen molar-refractivity contribution in [3.05, 3.63) is 30.1 Å². The molecule has 1 aromatic heterocycles. The number of unbranched alkanes of at least 4 members (excludes halogenated alkanes) is 1. The van der Waals surface area contributed by atoms with Crippen LogP contribution < -0.4 is 10.5 Å². The Kier molecular flexibility index (Phi) is 6.09. The molecule has 10 heteroatoms. The normalized spacial score (nSPS) is 11.5. The summed E-state index contributed by atoms with van der Waals surface area (Å²) in [7, 11) is -2.34. The van der Waals surface area contributed by atoms with Gasteiger partial charge in [-0.3, -0.25) is 0 Å². The molecule has 1 heterocycles. The summed E-state index contributed by atoms with van der Waals surface area (Å²) < 4.78 is 25.8. The maximum Gasteiger partial charge on any atom is 0.335 e. The molecular formula is C15H20N4O4S2. The van der Waals surface area contributed by atoms with Gasteiger partial charge in [0, 0.05) is 26.0 Å². The zero-order valence-electron chi connectivity index (χ0n) is 13.9. The number of anilines is 1. The van der Waals surface area contributed by atoms with Gasteiger partial charge in [-0.2, -0.15) is 0 Å². The second-order valence-electron chi connectivity index (χ2n) is 5.40. The highest BCUT2D eigenvalue weighted by molar-refractivity contribution is 8.00. The molecule has 0 aliphatic rings. The number of hydrogen-bond donors (Lipinski definition) is 3. The number of hydrogen-bond acceptors (Lipinski definition) is 6. The number of aromatic carboxylic acids is 1. The Hall–Kier alpha value is -2.04. The fraction of sp³-hybridized carbons (Fsp3) is 0.333. The van der Waals surface area contributed by atoms with E-state index < -0.39 is 16.0 Å². The summed E-state index contributed by atoms with van der Waals surface area (Å²) in [6.45, 7) is 2.60. The van der Waals surface area contributed by atoms with Crippen LogP contribution in [0.15, 0.2) is 39.5 Å². The first kappa shape index (κ1) is 19.3. The molecule has 1 aromatic carbocycles. The van der Waals surface area contributed by atoms with E-state index >= 15 is 0 Å². The Morgan fingerprint density at radius 3 is 2.68 bits per heavy atom. The molecule has 0 spiro atoms. The fourth-order valence-corrected chi connectivity index (χ4v) is 4.15. The first-order valence-corrected chi connectivity index (χ1v) is 9.93. The predicted octanol–water partition coefficient (Wildman–Crippen LogP) is 2.13. The van der Waals surface area contributed by atoms with Crippen LogP contribution >= 0.6 is 11.8 Å². The Labute approximate surface area is 150 Å². The highest BCUT2D eigenvalue weighted by Crippen LogP contribution is 2.38. The molecule has 0 fully saturated rings. The number of primary sulfonamides is 1. The summed E-state index contributed by atoms with van der Waals surface area (Å²) in [5.74, 6) is -1.23. The van der Waals surface area contributed by atoms with E-state index in [1.165, 1.54) is 6.07 Å². The molecule has 25 heavy (non-hydrogen) atoms. The number of carboxylic acid groups (broad SMARTS) is 1. The zero-order chi connectivity index (χ0) is 18.6. The molecule has 8 nitrogen and oxygen atoms in total. The largest absolute Gasteiger partial charge is 0.478 e. The van der Waals surface area contributed by atoms with Crippen LogP contribution in [0.4, 0.5) is 5.69 Å². The Bertz CT molecular complexity index is 878. The highest BCUT2D eigenvalue weighted by Gasteiger charge is 2.23. The second-order valence-corrected chi connectivity index (χ2v) is 7.91. The van der Waals surface area contributed by atoms with Gasteiger partial charge >= 0.3 is 5.97 Å². The minimum atomic E-state index is -4.12.